The van der Waals surface area contributed by atoms with E-state index in [0.717, 1.165) is 22.6 Å². The predicted molar refractivity (Wildman–Crippen MR) is 88.6 cm³/mol. The van der Waals surface area contributed by atoms with Crippen LogP contribution in [0, 0.1) is 13.8 Å². The fourth-order valence-corrected chi connectivity index (χ4v) is 2.20. The van der Waals surface area contributed by atoms with Crippen LogP contribution in [-0.2, 0) is 6.42 Å². The number of hydrogen-bond donors (Lipinski definition) is 2. The van der Waals surface area contributed by atoms with Gasteiger partial charge in [-0.05, 0) is 43.7 Å². The summed E-state index contributed by atoms with van der Waals surface area (Å²) < 4.78 is 0. The molecule has 0 unspecified atom stereocenters. The van der Waals surface area contributed by atoms with Crippen molar-refractivity contribution >= 4 is 28.8 Å². The molecule has 0 saturated carbocycles. The predicted octanol–water partition coefficient (Wildman–Crippen LogP) is 2.78. The molecule has 0 radical (unpaired) electrons. The van der Waals surface area contributed by atoms with Crippen molar-refractivity contribution in [3.8, 4) is 0 Å². The minimum Gasteiger partial charge on any atom is -0.393 e. The van der Waals surface area contributed by atoms with Gasteiger partial charge in [0.15, 0.2) is 0 Å². The number of rotatable bonds is 4. The second kappa shape index (κ2) is 6.45. The lowest BCUT2D eigenvalue weighted by Crippen LogP contribution is -2.14. The summed E-state index contributed by atoms with van der Waals surface area (Å²) in [6.07, 6.45) is 0.560. The van der Waals surface area contributed by atoms with Gasteiger partial charge in [-0.3, -0.25) is 9.78 Å². The maximum Gasteiger partial charge on any atom is 0.257 e. The molecule has 1 heterocycles. The zero-order valence-electron chi connectivity index (χ0n) is 12.0. The van der Waals surface area contributed by atoms with Gasteiger partial charge in [0.2, 0.25) is 0 Å². The van der Waals surface area contributed by atoms with E-state index in [9.17, 15) is 4.79 Å². The monoisotopic (exact) mass is 299 g/mol. The number of benzene rings is 1. The highest BCUT2D eigenvalue weighted by molar-refractivity contribution is 7.80. The zero-order chi connectivity index (χ0) is 15.4. The second-order valence-electron chi connectivity index (χ2n) is 4.88. The highest BCUT2D eigenvalue weighted by Gasteiger charge is 2.10. The Labute approximate surface area is 129 Å². The van der Waals surface area contributed by atoms with Crippen molar-refractivity contribution in [1.82, 2.24) is 4.98 Å². The van der Waals surface area contributed by atoms with Gasteiger partial charge in [0, 0.05) is 17.8 Å². The lowest BCUT2D eigenvalue weighted by atomic mass is 10.1. The van der Waals surface area contributed by atoms with Crippen LogP contribution in [0.5, 0.6) is 0 Å². The molecule has 1 aromatic heterocycles. The Hall–Kier alpha value is -2.27. The first kappa shape index (κ1) is 15.1. The molecule has 0 aliphatic heterocycles. The summed E-state index contributed by atoms with van der Waals surface area (Å²) in [5.74, 6) is -0.165. The Balaban J connectivity index is 2.10. The van der Waals surface area contributed by atoms with Gasteiger partial charge in [-0.2, -0.15) is 0 Å². The van der Waals surface area contributed by atoms with Gasteiger partial charge < -0.3 is 11.1 Å². The van der Waals surface area contributed by atoms with Crippen LogP contribution in [0.15, 0.2) is 36.4 Å². The maximum atomic E-state index is 12.2. The van der Waals surface area contributed by atoms with Crippen molar-refractivity contribution in [2.45, 2.75) is 20.3 Å². The number of amides is 1. The Morgan fingerprint density at radius 1 is 1.19 bits per heavy atom. The summed E-state index contributed by atoms with van der Waals surface area (Å²) in [5, 5.41) is 2.86. The Bertz CT molecular complexity index is 680. The van der Waals surface area contributed by atoms with E-state index in [1.54, 1.807) is 6.07 Å². The van der Waals surface area contributed by atoms with E-state index in [1.165, 1.54) is 0 Å². The highest BCUT2D eigenvalue weighted by atomic mass is 32.1. The minimum absolute atomic E-state index is 0.165. The maximum absolute atomic E-state index is 12.2. The Kier molecular flexibility index (Phi) is 4.65. The summed E-state index contributed by atoms with van der Waals surface area (Å²) >= 11 is 4.87. The fraction of sp³-hybridized carbons (Fsp3) is 0.188. The number of thiocarbonyl (C=S) groups is 1. The average molecular weight is 299 g/mol. The molecule has 0 atom stereocenters. The van der Waals surface area contributed by atoms with Crippen molar-refractivity contribution in [3.63, 3.8) is 0 Å². The van der Waals surface area contributed by atoms with Gasteiger partial charge >= 0.3 is 0 Å². The summed E-state index contributed by atoms with van der Waals surface area (Å²) in [6, 6.07) is 11.1. The average Bonchev–Trinajstić information content (AvgIpc) is 2.40. The number of carbonyl (C=O) groups is 1. The van der Waals surface area contributed by atoms with E-state index in [0.29, 0.717) is 17.0 Å². The lowest BCUT2D eigenvalue weighted by Gasteiger charge is -2.08. The SMILES string of the molecule is Cc1ccc(C(=O)Nc2ccc(CC(N)=S)cc2)c(C)n1. The summed E-state index contributed by atoms with van der Waals surface area (Å²) in [7, 11) is 0. The van der Waals surface area contributed by atoms with Crippen LogP contribution in [0.25, 0.3) is 0 Å². The van der Waals surface area contributed by atoms with Gasteiger partial charge in [-0.1, -0.05) is 24.4 Å². The van der Waals surface area contributed by atoms with Gasteiger partial charge in [0.25, 0.3) is 5.91 Å². The smallest absolute Gasteiger partial charge is 0.257 e. The van der Waals surface area contributed by atoms with Crippen LogP contribution in [0.4, 0.5) is 5.69 Å². The number of nitrogens with one attached hydrogen (secondary N) is 1. The molecule has 0 bridgehead atoms. The van der Waals surface area contributed by atoms with Crippen LogP contribution < -0.4 is 11.1 Å². The summed E-state index contributed by atoms with van der Waals surface area (Å²) in [6.45, 7) is 3.72. The number of aryl methyl sites for hydroxylation is 2. The Morgan fingerprint density at radius 2 is 1.86 bits per heavy atom. The third-order valence-electron chi connectivity index (χ3n) is 3.06. The van der Waals surface area contributed by atoms with Crippen molar-refractivity contribution < 1.29 is 4.79 Å². The van der Waals surface area contributed by atoms with E-state index in [2.05, 4.69) is 10.3 Å². The molecular formula is C16H17N3OS. The molecule has 0 aliphatic rings. The minimum atomic E-state index is -0.165. The van der Waals surface area contributed by atoms with E-state index >= 15 is 0 Å². The summed E-state index contributed by atoms with van der Waals surface area (Å²) in [5.41, 5.74) is 9.44. The van der Waals surface area contributed by atoms with Gasteiger partial charge in [0.1, 0.15) is 0 Å². The molecule has 1 aromatic carbocycles. The molecule has 5 heteroatoms. The molecule has 1 amide bonds. The van der Waals surface area contributed by atoms with Crippen LogP contribution in [-0.4, -0.2) is 15.9 Å². The molecule has 2 rings (SSSR count). The number of hydrogen-bond acceptors (Lipinski definition) is 3. The van der Waals surface area contributed by atoms with Crippen LogP contribution in [0.2, 0.25) is 0 Å². The van der Waals surface area contributed by atoms with Crippen LogP contribution >= 0.6 is 12.2 Å². The highest BCUT2D eigenvalue weighted by Crippen LogP contribution is 2.13. The molecule has 0 saturated heterocycles. The normalized spacial score (nSPS) is 10.2. The topological polar surface area (TPSA) is 68.0 Å². The summed E-state index contributed by atoms with van der Waals surface area (Å²) in [4.78, 5) is 17.0. The van der Waals surface area contributed by atoms with Gasteiger partial charge in [-0.25, -0.2) is 0 Å². The lowest BCUT2D eigenvalue weighted by molar-refractivity contribution is 0.102. The molecule has 0 aliphatic carbocycles. The molecule has 0 spiro atoms. The quantitative estimate of drug-likeness (QED) is 0.852. The van der Waals surface area contributed by atoms with Crippen LogP contribution in [0.3, 0.4) is 0 Å². The third-order valence-corrected chi connectivity index (χ3v) is 3.20. The molecular weight excluding hydrogens is 282 g/mol. The molecule has 4 nitrogen and oxygen atoms in total. The molecule has 3 N–H and O–H groups in total. The van der Waals surface area contributed by atoms with E-state index in [1.807, 2.05) is 44.2 Å². The molecule has 2 aromatic rings. The van der Waals surface area contributed by atoms with Crippen molar-refractivity contribution in [2.75, 3.05) is 5.32 Å². The Morgan fingerprint density at radius 3 is 2.43 bits per heavy atom. The first-order valence-electron chi connectivity index (χ1n) is 6.58. The largest absolute Gasteiger partial charge is 0.393 e. The van der Waals surface area contributed by atoms with E-state index in [-0.39, 0.29) is 5.91 Å². The standard InChI is InChI=1S/C16H17N3OS/c1-10-3-8-14(11(2)18-10)16(20)19-13-6-4-12(5-7-13)9-15(17)21/h3-8H,9H2,1-2H3,(H2,17,21)(H,19,20). The molecule has 0 fully saturated rings. The fourth-order valence-electron chi connectivity index (χ4n) is 2.03. The van der Waals surface area contributed by atoms with Crippen molar-refractivity contribution in [1.29, 1.82) is 0 Å². The van der Waals surface area contributed by atoms with E-state index < -0.39 is 0 Å². The number of pyridine rings is 1. The van der Waals surface area contributed by atoms with Gasteiger partial charge in [0.05, 0.1) is 16.2 Å². The van der Waals surface area contributed by atoms with Gasteiger partial charge in [-0.15, -0.1) is 0 Å². The first-order chi connectivity index (χ1) is 9.95. The number of nitrogens with two attached hydrogens (primary N) is 1. The first-order valence-corrected chi connectivity index (χ1v) is 6.99. The molecule has 108 valence electrons. The number of anilines is 1. The number of nitrogens with zero attached hydrogens (tertiary/aromatic N) is 1. The third kappa shape index (κ3) is 4.10. The molecule has 21 heavy (non-hydrogen) atoms. The van der Waals surface area contributed by atoms with Crippen molar-refractivity contribution in [3.05, 3.63) is 58.9 Å². The second-order valence-corrected chi connectivity index (χ2v) is 5.40. The zero-order valence-corrected chi connectivity index (χ0v) is 12.8. The van der Waals surface area contributed by atoms with E-state index in [4.69, 9.17) is 18.0 Å². The number of carbonyl (C=O) groups excluding carboxylic acids is 1. The van der Waals surface area contributed by atoms with Crippen molar-refractivity contribution in [2.24, 2.45) is 5.73 Å². The van der Waals surface area contributed by atoms with Crippen LogP contribution in [0.1, 0.15) is 27.3 Å². The number of aromatic nitrogens is 1.